The average molecular weight is 280 g/mol. The Morgan fingerprint density at radius 1 is 1.35 bits per heavy atom. The number of urea groups is 1. The minimum Gasteiger partial charge on any atom is -0.351 e. The molecule has 0 bridgehead atoms. The van der Waals surface area contributed by atoms with E-state index in [9.17, 15) is 19.7 Å². The van der Waals surface area contributed by atoms with Gasteiger partial charge < -0.3 is 11.1 Å². The maximum absolute atomic E-state index is 11.4. The molecule has 8 heteroatoms. The zero-order valence-electron chi connectivity index (χ0n) is 11.0. The molecule has 0 spiro atoms. The molecule has 1 atom stereocenters. The van der Waals surface area contributed by atoms with Crippen molar-refractivity contribution in [2.75, 3.05) is 6.54 Å². The second kappa shape index (κ2) is 7.19. The van der Waals surface area contributed by atoms with Gasteiger partial charge in [-0.25, -0.2) is 4.79 Å². The van der Waals surface area contributed by atoms with Gasteiger partial charge in [-0.1, -0.05) is 12.1 Å². The first-order chi connectivity index (χ1) is 9.40. The topological polar surface area (TPSA) is 127 Å². The zero-order chi connectivity index (χ0) is 15.1. The number of rotatable bonds is 6. The van der Waals surface area contributed by atoms with Crippen LogP contribution in [0.2, 0.25) is 0 Å². The Morgan fingerprint density at radius 2 is 1.95 bits per heavy atom. The summed E-state index contributed by atoms with van der Waals surface area (Å²) in [6.07, 6.45) is 0.603. The molecule has 8 nitrogen and oxygen atoms in total. The van der Waals surface area contributed by atoms with Crippen molar-refractivity contribution in [1.82, 2.24) is 10.6 Å². The van der Waals surface area contributed by atoms with Crippen LogP contribution in [0.15, 0.2) is 24.3 Å². The first kappa shape index (κ1) is 15.6. The number of benzene rings is 1. The molecule has 0 fully saturated rings. The van der Waals surface area contributed by atoms with Gasteiger partial charge in [0.1, 0.15) is 0 Å². The molecule has 0 aliphatic rings. The fraction of sp³-hybridized carbons (Fsp3) is 0.333. The molecule has 0 aliphatic carbocycles. The van der Waals surface area contributed by atoms with Gasteiger partial charge in [0, 0.05) is 12.1 Å². The average Bonchev–Trinajstić information content (AvgIpc) is 2.38. The van der Waals surface area contributed by atoms with Crippen LogP contribution in [0.5, 0.6) is 0 Å². The van der Waals surface area contributed by atoms with Crippen LogP contribution in [0.25, 0.3) is 0 Å². The van der Waals surface area contributed by atoms with Crippen LogP contribution in [0, 0.1) is 10.1 Å². The Labute approximate surface area is 115 Å². The van der Waals surface area contributed by atoms with Crippen LogP contribution in [-0.2, 0) is 11.2 Å². The lowest BCUT2D eigenvalue weighted by Crippen LogP contribution is -2.46. The van der Waals surface area contributed by atoms with Gasteiger partial charge in [0.15, 0.2) is 0 Å². The van der Waals surface area contributed by atoms with Crippen LogP contribution < -0.4 is 16.4 Å². The first-order valence-electron chi connectivity index (χ1n) is 5.97. The summed E-state index contributed by atoms with van der Waals surface area (Å²) < 4.78 is 0. The molecule has 0 heterocycles. The minimum absolute atomic E-state index is 0.0379. The molecule has 0 saturated heterocycles. The van der Waals surface area contributed by atoms with E-state index in [0.29, 0.717) is 13.0 Å². The van der Waals surface area contributed by atoms with Gasteiger partial charge in [0.05, 0.1) is 11.0 Å². The van der Waals surface area contributed by atoms with Gasteiger partial charge in [-0.15, -0.1) is 0 Å². The van der Waals surface area contributed by atoms with Crippen molar-refractivity contribution in [1.29, 1.82) is 0 Å². The Kier molecular flexibility index (Phi) is 5.60. The summed E-state index contributed by atoms with van der Waals surface area (Å²) in [5.41, 5.74) is 5.78. The third-order valence-electron chi connectivity index (χ3n) is 2.65. The lowest BCUT2D eigenvalue weighted by atomic mass is 10.1. The third kappa shape index (κ3) is 5.02. The number of amides is 3. The van der Waals surface area contributed by atoms with E-state index in [0.717, 1.165) is 5.56 Å². The maximum Gasteiger partial charge on any atom is 0.318 e. The van der Waals surface area contributed by atoms with E-state index >= 15 is 0 Å². The van der Waals surface area contributed by atoms with Crippen molar-refractivity contribution < 1.29 is 14.5 Å². The summed E-state index contributed by atoms with van der Waals surface area (Å²) in [5, 5.41) is 15.4. The normalized spacial score (nSPS) is 11.7. The highest BCUT2D eigenvalue weighted by molar-refractivity contribution is 5.96. The number of carbonyl (C=O) groups excluding carboxylic acids is 2. The molecule has 4 N–H and O–H groups in total. The number of nitrogens with one attached hydrogen (secondary N) is 2. The monoisotopic (exact) mass is 280 g/mol. The van der Waals surface area contributed by atoms with E-state index in [2.05, 4.69) is 5.32 Å². The van der Waals surface area contributed by atoms with Crippen molar-refractivity contribution in [2.45, 2.75) is 19.4 Å². The van der Waals surface area contributed by atoms with Gasteiger partial charge in [0.25, 0.3) is 5.69 Å². The minimum atomic E-state index is -0.890. The quantitative estimate of drug-likeness (QED) is 0.510. The maximum atomic E-state index is 11.4. The van der Waals surface area contributed by atoms with Crippen molar-refractivity contribution in [2.24, 2.45) is 5.73 Å². The highest BCUT2D eigenvalue weighted by atomic mass is 16.6. The Balaban J connectivity index is 2.38. The number of nitro groups is 1. The molecule has 1 aromatic rings. The van der Waals surface area contributed by atoms with Gasteiger partial charge in [0.2, 0.25) is 5.91 Å². The summed E-state index contributed by atoms with van der Waals surface area (Å²) in [6, 6.07) is 4.73. The molecular weight excluding hydrogens is 264 g/mol. The van der Waals surface area contributed by atoms with E-state index in [1.165, 1.54) is 12.1 Å². The van der Waals surface area contributed by atoms with Crippen LogP contribution in [-0.4, -0.2) is 29.4 Å². The first-order valence-corrected chi connectivity index (χ1v) is 5.97. The number of imide groups is 1. The lowest BCUT2D eigenvalue weighted by molar-refractivity contribution is -0.384. The van der Waals surface area contributed by atoms with E-state index < -0.39 is 22.9 Å². The molecule has 3 amide bonds. The number of nitro benzene ring substituents is 1. The van der Waals surface area contributed by atoms with E-state index in [-0.39, 0.29) is 5.69 Å². The molecule has 0 aliphatic heterocycles. The Bertz CT molecular complexity index is 501. The molecule has 1 aromatic carbocycles. The number of hydrogen-bond acceptors (Lipinski definition) is 5. The van der Waals surface area contributed by atoms with Crippen molar-refractivity contribution in [3.63, 3.8) is 0 Å². The van der Waals surface area contributed by atoms with Gasteiger partial charge >= 0.3 is 6.03 Å². The molecule has 108 valence electrons. The molecule has 20 heavy (non-hydrogen) atoms. The molecule has 0 radical (unpaired) electrons. The van der Waals surface area contributed by atoms with Crippen LogP contribution in [0.1, 0.15) is 12.5 Å². The van der Waals surface area contributed by atoms with Crippen molar-refractivity contribution in [3.05, 3.63) is 39.9 Å². The second-order valence-corrected chi connectivity index (χ2v) is 4.20. The standard InChI is InChI=1S/C12H16N4O4/c1-8(11(17)15-12(13)18)14-7-6-9-2-4-10(5-3-9)16(19)20/h2-5,8,14H,6-7H2,1H3,(H3,13,15,17,18). The van der Waals surface area contributed by atoms with Crippen LogP contribution >= 0.6 is 0 Å². The largest absolute Gasteiger partial charge is 0.351 e. The van der Waals surface area contributed by atoms with Crippen LogP contribution in [0.4, 0.5) is 10.5 Å². The van der Waals surface area contributed by atoms with Gasteiger partial charge in [-0.2, -0.15) is 0 Å². The fourth-order valence-corrected chi connectivity index (χ4v) is 1.54. The van der Waals surface area contributed by atoms with Crippen molar-refractivity contribution >= 4 is 17.6 Å². The number of non-ortho nitro benzene ring substituents is 1. The summed E-state index contributed by atoms with van der Waals surface area (Å²) in [6.45, 7) is 2.10. The highest BCUT2D eigenvalue weighted by Gasteiger charge is 2.13. The molecule has 0 aromatic heterocycles. The van der Waals surface area contributed by atoms with Crippen molar-refractivity contribution in [3.8, 4) is 0 Å². The predicted octanol–water partition coefficient (Wildman–Crippen LogP) is 0.310. The SMILES string of the molecule is CC(NCCc1ccc([N+](=O)[O-])cc1)C(=O)NC(N)=O. The molecular formula is C12H16N4O4. The Morgan fingerprint density at radius 3 is 2.45 bits per heavy atom. The number of nitrogens with zero attached hydrogens (tertiary/aromatic N) is 1. The summed E-state index contributed by atoms with van der Waals surface area (Å²) in [5.74, 6) is -0.499. The van der Waals surface area contributed by atoms with E-state index in [4.69, 9.17) is 5.73 Å². The number of primary amides is 1. The Hall–Kier alpha value is -2.48. The molecule has 1 unspecified atom stereocenters. The number of hydrogen-bond donors (Lipinski definition) is 3. The predicted molar refractivity (Wildman–Crippen MR) is 72.0 cm³/mol. The van der Waals surface area contributed by atoms with E-state index in [1.807, 2.05) is 5.32 Å². The summed E-state index contributed by atoms with van der Waals surface area (Å²) in [4.78, 5) is 31.9. The smallest absolute Gasteiger partial charge is 0.318 e. The number of carbonyl (C=O) groups is 2. The molecule has 0 saturated carbocycles. The number of nitrogens with two attached hydrogens (primary N) is 1. The zero-order valence-corrected chi connectivity index (χ0v) is 11.0. The van der Waals surface area contributed by atoms with E-state index in [1.54, 1.807) is 19.1 Å². The van der Waals surface area contributed by atoms with Crippen LogP contribution in [0.3, 0.4) is 0 Å². The molecule has 1 rings (SSSR count). The highest BCUT2D eigenvalue weighted by Crippen LogP contribution is 2.11. The fourth-order valence-electron chi connectivity index (χ4n) is 1.54. The summed E-state index contributed by atoms with van der Waals surface area (Å²) >= 11 is 0. The van der Waals surface area contributed by atoms with Gasteiger partial charge in [-0.05, 0) is 25.5 Å². The lowest BCUT2D eigenvalue weighted by Gasteiger charge is -2.12. The van der Waals surface area contributed by atoms with Gasteiger partial charge in [-0.3, -0.25) is 20.2 Å². The third-order valence-corrected chi connectivity index (χ3v) is 2.65. The summed E-state index contributed by atoms with van der Waals surface area (Å²) in [7, 11) is 0. The second-order valence-electron chi connectivity index (χ2n) is 4.20.